The lowest BCUT2D eigenvalue weighted by Gasteiger charge is -2.21. The van der Waals surface area contributed by atoms with Gasteiger partial charge < -0.3 is 5.32 Å². The zero-order valence-electron chi connectivity index (χ0n) is 12.4. The molecule has 1 N–H and O–H groups in total. The largest absolute Gasteiger partial charge is 0.381 e. The summed E-state index contributed by atoms with van der Waals surface area (Å²) >= 11 is 6.31. The summed E-state index contributed by atoms with van der Waals surface area (Å²) in [5, 5.41) is 4.54. The third-order valence-corrected chi connectivity index (χ3v) is 4.84. The fourth-order valence-electron chi connectivity index (χ4n) is 3.16. The molecule has 0 heterocycles. The Balaban J connectivity index is 2.00. The highest BCUT2D eigenvalue weighted by atomic mass is 35.5. The Morgan fingerprint density at radius 1 is 1.16 bits per heavy atom. The molecule has 1 fully saturated rings. The molecular formula is C17H26ClN. The summed E-state index contributed by atoms with van der Waals surface area (Å²) in [6, 6.07) is 6.71. The molecule has 0 bridgehead atoms. The van der Waals surface area contributed by atoms with Crippen LogP contribution in [0.2, 0.25) is 5.02 Å². The molecule has 1 aromatic carbocycles. The van der Waals surface area contributed by atoms with Gasteiger partial charge in [0.1, 0.15) is 0 Å². The van der Waals surface area contributed by atoms with Crippen molar-refractivity contribution in [3.05, 3.63) is 28.8 Å². The number of rotatable bonds is 3. The molecule has 106 valence electrons. The average Bonchev–Trinajstić information content (AvgIpc) is 2.59. The van der Waals surface area contributed by atoms with E-state index in [-0.39, 0.29) is 0 Å². The molecule has 2 heteroatoms. The standard InChI is InChI=1S/C17H26ClN/c1-12(2)14-7-5-8-15(11-10-14)19-17-13(3)6-4-9-16(17)18/h4,6,9,12,14-15,19H,5,7-8,10-11H2,1-3H3. The first-order valence-corrected chi connectivity index (χ1v) is 7.97. The van der Waals surface area contributed by atoms with Crippen LogP contribution in [0.4, 0.5) is 5.69 Å². The first-order valence-electron chi connectivity index (χ1n) is 7.59. The summed E-state index contributed by atoms with van der Waals surface area (Å²) < 4.78 is 0. The van der Waals surface area contributed by atoms with E-state index in [0.29, 0.717) is 6.04 Å². The Hall–Kier alpha value is -0.690. The Kier molecular flexibility index (Phi) is 5.15. The van der Waals surface area contributed by atoms with Crippen LogP contribution in [0.1, 0.15) is 51.5 Å². The van der Waals surface area contributed by atoms with Gasteiger partial charge in [-0.3, -0.25) is 0 Å². The second-order valence-electron chi connectivity index (χ2n) is 6.29. The van der Waals surface area contributed by atoms with Crippen molar-refractivity contribution in [2.24, 2.45) is 11.8 Å². The van der Waals surface area contributed by atoms with Crippen LogP contribution < -0.4 is 5.32 Å². The fourth-order valence-corrected chi connectivity index (χ4v) is 3.44. The van der Waals surface area contributed by atoms with Crippen LogP contribution in [-0.2, 0) is 0 Å². The smallest absolute Gasteiger partial charge is 0.0640 e. The molecule has 1 aliphatic carbocycles. The van der Waals surface area contributed by atoms with Crippen molar-refractivity contribution in [1.29, 1.82) is 0 Å². The average molecular weight is 280 g/mol. The zero-order chi connectivity index (χ0) is 13.8. The van der Waals surface area contributed by atoms with E-state index in [9.17, 15) is 0 Å². The third-order valence-electron chi connectivity index (χ3n) is 4.53. The summed E-state index contributed by atoms with van der Waals surface area (Å²) in [7, 11) is 0. The van der Waals surface area contributed by atoms with Crippen LogP contribution in [0.15, 0.2) is 18.2 Å². The van der Waals surface area contributed by atoms with Gasteiger partial charge in [0.25, 0.3) is 0 Å². The van der Waals surface area contributed by atoms with Crippen molar-refractivity contribution < 1.29 is 0 Å². The number of benzene rings is 1. The first kappa shape index (κ1) is 14.7. The minimum atomic E-state index is 0.586. The molecule has 0 aliphatic heterocycles. The van der Waals surface area contributed by atoms with E-state index in [0.717, 1.165) is 22.5 Å². The minimum Gasteiger partial charge on any atom is -0.381 e. The lowest BCUT2D eigenvalue weighted by molar-refractivity contribution is 0.341. The summed E-state index contributed by atoms with van der Waals surface area (Å²) in [5.74, 6) is 1.72. The van der Waals surface area contributed by atoms with E-state index in [4.69, 9.17) is 11.6 Å². The Morgan fingerprint density at radius 2 is 1.95 bits per heavy atom. The van der Waals surface area contributed by atoms with Crippen LogP contribution in [0.5, 0.6) is 0 Å². The van der Waals surface area contributed by atoms with E-state index < -0.39 is 0 Å². The molecule has 1 aliphatic rings. The molecule has 1 nitrogen and oxygen atoms in total. The van der Waals surface area contributed by atoms with Gasteiger partial charge in [0, 0.05) is 6.04 Å². The highest BCUT2D eigenvalue weighted by molar-refractivity contribution is 6.33. The molecule has 19 heavy (non-hydrogen) atoms. The number of para-hydroxylation sites is 1. The second kappa shape index (κ2) is 6.65. The van der Waals surface area contributed by atoms with Crippen LogP contribution in [-0.4, -0.2) is 6.04 Å². The molecule has 0 aromatic heterocycles. The molecule has 0 radical (unpaired) electrons. The van der Waals surface area contributed by atoms with E-state index >= 15 is 0 Å². The highest BCUT2D eigenvalue weighted by Gasteiger charge is 2.21. The number of anilines is 1. The van der Waals surface area contributed by atoms with E-state index in [1.54, 1.807) is 0 Å². The Bertz CT molecular complexity index is 393. The molecule has 2 atom stereocenters. The maximum Gasteiger partial charge on any atom is 0.0640 e. The number of hydrogen-bond acceptors (Lipinski definition) is 1. The zero-order valence-corrected chi connectivity index (χ0v) is 13.1. The van der Waals surface area contributed by atoms with Gasteiger partial charge >= 0.3 is 0 Å². The SMILES string of the molecule is Cc1cccc(Cl)c1NC1CCCC(C(C)C)CC1. The summed E-state index contributed by atoms with van der Waals surface area (Å²) in [4.78, 5) is 0. The summed E-state index contributed by atoms with van der Waals surface area (Å²) in [6.07, 6.45) is 6.61. The highest BCUT2D eigenvalue weighted by Crippen LogP contribution is 2.32. The second-order valence-corrected chi connectivity index (χ2v) is 6.69. The van der Waals surface area contributed by atoms with Crippen molar-refractivity contribution >= 4 is 17.3 Å². The van der Waals surface area contributed by atoms with Crippen LogP contribution >= 0.6 is 11.6 Å². The Labute approximate surface area is 122 Å². The van der Waals surface area contributed by atoms with Gasteiger partial charge in [-0.05, 0) is 49.7 Å². The van der Waals surface area contributed by atoms with Crippen LogP contribution in [0.3, 0.4) is 0 Å². The lowest BCUT2D eigenvalue weighted by atomic mass is 9.89. The first-order chi connectivity index (χ1) is 9.08. The van der Waals surface area contributed by atoms with Gasteiger partial charge in [-0.15, -0.1) is 0 Å². The van der Waals surface area contributed by atoms with Gasteiger partial charge in [0.2, 0.25) is 0 Å². The van der Waals surface area contributed by atoms with Crippen molar-refractivity contribution in [3.63, 3.8) is 0 Å². The van der Waals surface area contributed by atoms with E-state index in [2.05, 4.69) is 32.2 Å². The van der Waals surface area contributed by atoms with Crippen molar-refractivity contribution in [2.75, 3.05) is 5.32 Å². The van der Waals surface area contributed by atoms with E-state index in [1.165, 1.54) is 37.7 Å². The normalized spacial score (nSPS) is 24.3. The summed E-state index contributed by atoms with van der Waals surface area (Å²) in [5.41, 5.74) is 2.38. The van der Waals surface area contributed by atoms with E-state index in [1.807, 2.05) is 12.1 Å². The molecular weight excluding hydrogens is 254 g/mol. The molecule has 1 aromatic rings. The van der Waals surface area contributed by atoms with Gasteiger partial charge in [-0.25, -0.2) is 0 Å². The number of nitrogens with one attached hydrogen (secondary N) is 1. The fraction of sp³-hybridized carbons (Fsp3) is 0.647. The quantitative estimate of drug-likeness (QED) is 0.704. The number of hydrogen-bond donors (Lipinski definition) is 1. The van der Waals surface area contributed by atoms with Crippen molar-refractivity contribution in [2.45, 2.75) is 58.9 Å². The van der Waals surface area contributed by atoms with Crippen molar-refractivity contribution in [3.8, 4) is 0 Å². The third kappa shape index (κ3) is 3.89. The Morgan fingerprint density at radius 3 is 2.63 bits per heavy atom. The molecule has 0 saturated heterocycles. The van der Waals surface area contributed by atoms with Crippen LogP contribution in [0.25, 0.3) is 0 Å². The van der Waals surface area contributed by atoms with Gasteiger partial charge in [-0.2, -0.15) is 0 Å². The molecule has 0 amide bonds. The molecule has 1 saturated carbocycles. The summed E-state index contributed by atoms with van der Waals surface area (Å²) in [6.45, 7) is 6.84. The molecule has 0 spiro atoms. The monoisotopic (exact) mass is 279 g/mol. The van der Waals surface area contributed by atoms with Gasteiger partial charge in [0.15, 0.2) is 0 Å². The minimum absolute atomic E-state index is 0.586. The number of aryl methyl sites for hydroxylation is 1. The van der Waals surface area contributed by atoms with Crippen molar-refractivity contribution in [1.82, 2.24) is 0 Å². The molecule has 2 rings (SSSR count). The predicted octanol–water partition coefficient (Wildman–Crippen LogP) is 5.67. The lowest BCUT2D eigenvalue weighted by Crippen LogP contribution is -2.19. The predicted molar refractivity (Wildman–Crippen MR) is 85.0 cm³/mol. The van der Waals surface area contributed by atoms with Gasteiger partial charge in [-0.1, -0.05) is 50.4 Å². The van der Waals surface area contributed by atoms with Crippen LogP contribution in [0, 0.1) is 18.8 Å². The maximum atomic E-state index is 6.31. The van der Waals surface area contributed by atoms with Gasteiger partial charge in [0.05, 0.1) is 10.7 Å². The topological polar surface area (TPSA) is 12.0 Å². The maximum absolute atomic E-state index is 6.31. The number of halogens is 1. The molecule has 2 unspecified atom stereocenters.